The van der Waals surface area contributed by atoms with Crippen molar-refractivity contribution >= 4 is 11.9 Å². The number of aromatic nitrogens is 1. The van der Waals surface area contributed by atoms with Crippen molar-refractivity contribution in [3.8, 4) is 23.5 Å². The number of piperidine rings is 1. The summed E-state index contributed by atoms with van der Waals surface area (Å²) in [5, 5.41) is 12.2. The first-order chi connectivity index (χ1) is 25.2. The minimum absolute atomic E-state index is 0.118. The lowest BCUT2D eigenvalue weighted by Crippen LogP contribution is -2.41. The minimum atomic E-state index is -4.94. The highest BCUT2D eigenvalue weighted by molar-refractivity contribution is 5.82. The summed E-state index contributed by atoms with van der Waals surface area (Å²) < 4.78 is 104. The third-order valence-corrected chi connectivity index (χ3v) is 10.4. The number of hydrogen-bond donors (Lipinski definition) is 2. The first-order valence-electron chi connectivity index (χ1n) is 17.7. The highest BCUT2D eigenvalue weighted by Crippen LogP contribution is 2.49. The molecule has 7 nitrogen and oxygen atoms in total. The van der Waals surface area contributed by atoms with Gasteiger partial charge in [-0.25, -0.2) is 17.6 Å². The molecule has 1 saturated heterocycles. The molecule has 5 rings (SSSR count). The Kier molecular flexibility index (Phi) is 11.7. The molecule has 2 aliphatic rings. The van der Waals surface area contributed by atoms with Crippen LogP contribution in [0, 0.1) is 49.7 Å². The molecular weight excluding hydrogens is 719 g/mol. The van der Waals surface area contributed by atoms with E-state index in [-0.39, 0.29) is 62.4 Å². The molecule has 2 N–H and O–H groups in total. The number of alkyl halides is 5. The van der Waals surface area contributed by atoms with Gasteiger partial charge < -0.3 is 19.9 Å². The molecule has 0 radical (unpaired) electrons. The van der Waals surface area contributed by atoms with Crippen molar-refractivity contribution < 1.29 is 45.4 Å². The average Bonchev–Trinajstić information content (AvgIpc) is 3.68. The number of benzene rings is 2. The second-order valence-electron chi connectivity index (χ2n) is 14.9. The molecule has 2 fully saturated rings. The maximum Gasteiger partial charge on any atom is 0.416 e. The highest BCUT2D eigenvalue weighted by atomic mass is 19.4. The average molecular weight is 762 g/mol. The van der Waals surface area contributed by atoms with E-state index in [1.165, 1.54) is 0 Å². The van der Waals surface area contributed by atoms with E-state index in [9.17, 15) is 41.4 Å². The number of carboxylic acid groups (broad SMARTS) is 1. The molecule has 290 valence electrons. The molecule has 0 spiro atoms. The first-order valence-corrected chi connectivity index (χ1v) is 17.7. The minimum Gasteiger partial charge on any atom is -0.481 e. The van der Waals surface area contributed by atoms with E-state index in [2.05, 4.69) is 11.2 Å². The van der Waals surface area contributed by atoms with E-state index in [0.717, 1.165) is 16.8 Å². The van der Waals surface area contributed by atoms with Crippen LogP contribution in [0.5, 0.6) is 0 Å². The summed E-state index contributed by atoms with van der Waals surface area (Å²) in [6.45, 7) is 7.39. The molecule has 1 aliphatic carbocycles. The summed E-state index contributed by atoms with van der Waals surface area (Å²) >= 11 is 0. The number of terminal acetylenes is 1. The monoisotopic (exact) mass is 761 g/mol. The molecule has 3 aromatic rings. The summed E-state index contributed by atoms with van der Waals surface area (Å²) in [7, 11) is 0. The van der Waals surface area contributed by atoms with Crippen LogP contribution in [0.1, 0.15) is 97.3 Å². The zero-order chi connectivity index (χ0) is 39.9. The number of pyridine rings is 1. The molecule has 2 heterocycles. The van der Waals surface area contributed by atoms with Gasteiger partial charge in [-0.1, -0.05) is 38.0 Å². The van der Waals surface area contributed by atoms with Crippen molar-refractivity contribution in [2.75, 3.05) is 19.6 Å². The van der Waals surface area contributed by atoms with Crippen LogP contribution in [-0.2, 0) is 15.8 Å². The Hall–Kier alpha value is -4.64. The number of carboxylic acids is 1. The lowest BCUT2D eigenvalue weighted by atomic mass is 9.87. The predicted molar refractivity (Wildman–Crippen MR) is 188 cm³/mol. The largest absolute Gasteiger partial charge is 0.481 e. The van der Waals surface area contributed by atoms with Crippen molar-refractivity contribution in [2.45, 2.75) is 89.9 Å². The number of likely N-dealkylation sites (tertiary alicyclic amines) is 1. The molecule has 0 bridgehead atoms. The van der Waals surface area contributed by atoms with Crippen LogP contribution in [0.3, 0.4) is 0 Å². The molecular formula is C40H42F7N3O4. The fraction of sp³-hybridized carbons (Fsp3) is 0.475. The van der Waals surface area contributed by atoms with Gasteiger partial charge in [0.05, 0.1) is 23.6 Å². The van der Waals surface area contributed by atoms with Gasteiger partial charge in [0.2, 0.25) is 5.91 Å². The van der Waals surface area contributed by atoms with Gasteiger partial charge >= 0.3 is 12.1 Å². The molecule has 1 saturated carbocycles. The summed E-state index contributed by atoms with van der Waals surface area (Å²) in [5.41, 5.74) is -2.34. The summed E-state index contributed by atoms with van der Waals surface area (Å²) in [4.78, 5) is 41.5. The van der Waals surface area contributed by atoms with E-state index in [0.29, 0.717) is 22.8 Å². The Morgan fingerprint density at radius 3 is 2.20 bits per heavy atom. The third kappa shape index (κ3) is 8.67. The predicted octanol–water partition coefficient (Wildman–Crippen LogP) is 8.16. The molecule has 1 amide bonds. The van der Waals surface area contributed by atoms with Gasteiger partial charge in [-0.2, -0.15) is 13.2 Å². The number of aliphatic carboxylic acids is 1. The molecule has 0 unspecified atom stereocenters. The topological polar surface area (TPSA) is 91.6 Å². The van der Waals surface area contributed by atoms with Gasteiger partial charge in [0.15, 0.2) is 0 Å². The van der Waals surface area contributed by atoms with Crippen LogP contribution >= 0.6 is 0 Å². The van der Waals surface area contributed by atoms with Crippen molar-refractivity contribution in [3.05, 3.63) is 91.9 Å². The van der Waals surface area contributed by atoms with Gasteiger partial charge in [-0.05, 0) is 86.4 Å². The molecule has 1 aromatic heterocycles. The number of amides is 1. The first kappa shape index (κ1) is 40.5. The van der Waals surface area contributed by atoms with Crippen molar-refractivity contribution in [1.82, 2.24) is 14.8 Å². The van der Waals surface area contributed by atoms with Crippen LogP contribution in [-0.4, -0.2) is 52.0 Å². The highest BCUT2D eigenvalue weighted by Gasteiger charge is 2.57. The number of halogens is 7. The fourth-order valence-electron chi connectivity index (χ4n) is 7.54. The normalized spacial score (nSPS) is 18.6. The SMILES string of the molecule is C#Cc1cc(-c2c(C)cccc2C)c(F)c([C@@H](CC(=O)O)NC(=O)[C@@H](CC(C)C)n2cc(C3CCN(C[C@@H]4CC4(F)F)CC3)c(C(F)(F)F)cc2=O)c1F. The number of hydrogen-bond acceptors (Lipinski definition) is 4. The molecule has 2 aromatic carbocycles. The number of nitrogens with one attached hydrogen (secondary N) is 1. The maximum atomic E-state index is 16.5. The molecule has 3 atom stereocenters. The Morgan fingerprint density at radius 2 is 1.69 bits per heavy atom. The number of rotatable bonds is 12. The van der Waals surface area contributed by atoms with Gasteiger partial charge in [0.1, 0.15) is 17.7 Å². The van der Waals surface area contributed by atoms with Crippen LogP contribution < -0.4 is 10.9 Å². The standard InChI is InChI=1S/C40H42F7N3O4/c1-6-24-15-27(34-22(4)8-7-9-23(34)5)37(42)35(36(24)41)30(17-33(52)53)48-38(54)31(14-21(2)3)50-20-28(29(16-32(50)51)40(45,46)47)25-10-12-49(13-11-25)19-26-18-39(26,43)44/h1,7-9,15-16,20-21,25-26,30-31H,10-14,17-19H2,2-5H3,(H,48,54)(H,52,53)/t26-,30+,31+/m0/s1. The molecule has 54 heavy (non-hydrogen) atoms. The second-order valence-corrected chi connectivity index (χ2v) is 14.9. The Morgan fingerprint density at radius 1 is 1.07 bits per heavy atom. The smallest absolute Gasteiger partial charge is 0.416 e. The lowest BCUT2D eigenvalue weighted by molar-refractivity contribution is -0.139. The summed E-state index contributed by atoms with van der Waals surface area (Å²) in [6, 6.07) is 3.29. The van der Waals surface area contributed by atoms with Crippen molar-refractivity contribution in [3.63, 3.8) is 0 Å². The molecule has 14 heteroatoms. The second kappa shape index (κ2) is 15.6. The van der Waals surface area contributed by atoms with Gasteiger partial charge in [0, 0.05) is 42.3 Å². The van der Waals surface area contributed by atoms with Crippen molar-refractivity contribution in [1.29, 1.82) is 0 Å². The summed E-state index contributed by atoms with van der Waals surface area (Å²) in [5.74, 6) is -7.48. The van der Waals surface area contributed by atoms with Gasteiger partial charge in [-0.3, -0.25) is 14.4 Å². The number of carbonyl (C=O) groups is 2. The number of nitrogens with zero attached hydrogens (tertiary/aromatic N) is 2. The van der Waals surface area contributed by atoms with Crippen LogP contribution in [0.15, 0.2) is 41.3 Å². The van der Waals surface area contributed by atoms with Crippen LogP contribution in [0.2, 0.25) is 0 Å². The maximum absolute atomic E-state index is 16.5. The van der Waals surface area contributed by atoms with E-state index < -0.39 is 88.2 Å². The number of carbonyl (C=O) groups excluding carboxylic acids is 1. The summed E-state index contributed by atoms with van der Waals surface area (Å²) in [6.07, 6.45) is 0.625. The van der Waals surface area contributed by atoms with Gasteiger partial charge in [-0.15, -0.1) is 6.42 Å². The van der Waals surface area contributed by atoms with Crippen LogP contribution in [0.4, 0.5) is 30.7 Å². The zero-order valence-corrected chi connectivity index (χ0v) is 30.3. The van der Waals surface area contributed by atoms with Crippen LogP contribution in [0.25, 0.3) is 11.1 Å². The van der Waals surface area contributed by atoms with E-state index >= 15 is 8.78 Å². The lowest BCUT2D eigenvalue weighted by Gasteiger charge is -2.34. The molecule has 1 aliphatic heterocycles. The number of aryl methyl sites for hydroxylation is 2. The van der Waals surface area contributed by atoms with E-state index in [1.807, 2.05) is 0 Å². The van der Waals surface area contributed by atoms with E-state index in [4.69, 9.17) is 6.42 Å². The zero-order valence-electron chi connectivity index (χ0n) is 30.3. The van der Waals surface area contributed by atoms with E-state index in [1.54, 1.807) is 50.8 Å². The Labute approximate surface area is 308 Å². The third-order valence-electron chi connectivity index (χ3n) is 10.4. The fourth-order valence-corrected chi connectivity index (χ4v) is 7.54. The Bertz CT molecular complexity index is 2010. The quantitative estimate of drug-likeness (QED) is 0.144. The van der Waals surface area contributed by atoms with Gasteiger partial charge in [0.25, 0.3) is 11.5 Å². The Balaban J connectivity index is 1.55. The van der Waals surface area contributed by atoms with Crippen molar-refractivity contribution in [2.24, 2.45) is 11.8 Å².